The van der Waals surface area contributed by atoms with Crippen molar-refractivity contribution in [3.63, 3.8) is 0 Å². The van der Waals surface area contributed by atoms with E-state index in [1.165, 1.54) is 14.2 Å². The maximum Gasteiger partial charge on any atom is 0.339 e. The first kappa shape index (κ1) is 17.4. The topological polar surface area (TPSA) is 84.9 Å². The lowest BCUT2D eigenvalue weighted by Crippen LogP contribution is -2.50. The molecule has 1 heterocycles. The molecule has 0 aromatic heterocycles. The Morgan fingerprint density at radius 3 is 2.35 bits per heavy atom. The summed E-state index contributed by atoms with van der Waals surface area (Å²) in [5.74, 6) is -0.941. The number of nitrogens with zero attached hydrogens (tertiary/aromatic N) is 1. The molecule has 0 aliphatic carbocycles. The van der Waals surface area contributed by atoms with Crippen molar-refractivity contribution in [2.75, 3.05) is 25.3 Å². The van der Waals surface area contributed by atoms with Crippen molar-refractivity contribution in [2.24, 2.45) is 0 Å². The van der Waals surface area contributed by atoms with Gasteiger partial charge in [-0.2, -0.15) is 0 Å². The summed E-state index contributed by atoms with van der Waals surface area (Å²) in [6.45, 7) is 0. The monoisotopic (exact) mass is 358 g/mol. The van der Waals surface area contributed by atoms with Gasteiger partial charge in [0.05, 0.1) is 14.2 Å². The first-order valence-corrected chi connectivity index (χ1v) is 8.02. The molecule has 1 saturated heterocycles. The van der Waals surface area contributed by atoms with Crippen LogP contribution in [0.3, 0.4) is 0 Å². The second-order valence-corrected chi connectivity index (χ2v) is 6.14. The average Bonchev–Trinajstić information content (AvgIpc) is 3.00. The van der Waals surface area contributed by atoms with Gasteiger partial charge in [0.2, 0.25) is 0 Å². The van der Waals surface area contributed by atoms with Crippen LogP contribution in [-0.4, -0.2) is 54.3 Å². The third-order valence-corrected chi connectivity index (χ3v) is 4.70. The highest BCUT2D eigenvalue weighted by molar-refractivity contribution is 8.00. The number of hydrogen-bond acceptors (Lipinski definition) is 6. The van der Waals surface area contributed by atoms with Crippen LogP contribution in [0.4, 0.5) is 10.5 Å². The molecule has 0 radical (unpaired) electrons. The van der Waals surface area contributed by atoms with Gasteiger partial charge in [0.15, 0.2) is 5.37 Å². The Bertz CT molecular complexity index is 586. The van der Waals surface area contributed by atoms with E-state index < -0.39 is 29.4 Å². The summed E-state index contributed by atoms with van der Waals surface area (Å²) in [4.78, 5) is 37.4. The summed E-state index contributed by atoms with van der Waals surface area (Å²) < 4.78 is 9.39. The van der Waals surface area contributed by atoms with Crippen LogP contribution >= 0.6 is 23.4 Å². The summed E-state index contributed by atoms with van der Waals surface area (Å²) >= 11 is 6.94. The van der Waals surface area contributed by atoms with Gasteiger partial charge in [0.1, 0.15) is 6.04 Å². The molecule has 9 heteroatoms. The lowest BCUT2D eigenvalue weighted by Gasteiger charge is -2.26. The molecule has 1 aliphatic rings. The molecule has 0 unspecified atom stereocenters. The molecule has 23 heavy (non-hydrogen) atoms. The number of carbonyl (C=O) groups is 3. The van der Waals surface area contributed by atoms with Crippen LogP contribution in [0.15, 0.2) is 24.3 Å². The molecular formula is C14H15ClN2O5S. The summed E-state index contributed by atoms with van der Waals surface area (Å²) in [7, 11) is 2.46. The number of hydrogen-bond donors (Lipinski definition) is 1. The third kappa shape index (κ3) is 3.89. The predicted octanol–water partition coefficient (Wildman–Crippen LogP) is 1.96. The zero-order valence-corrected chi connectivity index (χ0v) is 14.0. The normalized spacial score (nSPS) is 20.0. The third-order valence-electron chi connectivity index (χ3n) is 3.21. The van der Waals surface area contributed by atoms with Crippen molar-refractivity contribution in [3.8, 4) is 0 Å². The van der Waals surface area contributed by atoms with Gasteiger partial charge in [-0.1, -0.05) is 11.6 Å². The van der Waals surface area contributed by atoms with Gasteiger partial charge in [0.25, 0.3) is 0 Å². The highest BCUT2D eigenvalue weighted by Crippen LogP contribution is 2.31. The largest absolute Gasteiger partial charge is 0.467 e. The zero-order chi connectivity index (χ0) is 17.0. The van der Waals surface area contributed by atoms with Crippen LogP contribution in [-0.2, 0) is 19.1 Å². The first-order chi connectivity index (χ1) is 11.0. The van der Waals surface area contributed by atoms with Crippen molar-refractivity contribution in [1.29, 1.82) is 0 Å². The number of amides is 2. The van der Waals surface area contributed by atoms with E-state index >= 15 is 0 Å². The predicted molar refractivity (Wildman–Crippen MR) is 86.4 cm³/mol. The van der Waals surface area contributed by atoms with Crippen LogP contribution in [0.2, 0.25) is 5.02 Å². The fourth-order valence-corrected chi connectivity index (χ4v) is 3.50. The van der Waals surface area contributed by atoms with Crippen molar-refractivity contribution < 1.29 is 23.9 Å². The number of carbonyl (C=O) groups excluding carboxylic acids is 3. The number of benzene rings is 1. The van der Waals surface area contributed by atoms with Crippen LogP contribution < -0.4 is 5.32 Å². The standard InChI is InChI=1S/C14H15ClN2O5S/c1-21-12(18)10-7-23-11(13(19)22-2)17(10)14(20)16-9-5-3-8(15)4-6-9/h3-6,10-11H,7H2,1-2H3,(H,16,20)/t10-,11-/m1/s1. The molecule has 1 aromatic carbocycles. The molecule has 2 amide bonds. The lowest BCUT2D eigenvalue weighted by molar-refractivity contribution is -0.147. The molecule has 124 valence electrons. The number of thioether (sulfide) groups is 1. The minimum atomic E-state index is -0.906. The van der Waals surface area contributed by atoms with Crippen LogP contribution in [0.5, 0.6) is 0 Å². The molecule has 2 rings (SSSR count). The van der Waals surface area contributed by atoms with E-state index in [1.54, 1.807) is 24.3 Å². The molecule has 0 spiro atoms. The highest BCUT2D eigenvalue weighted by atomic mass is 35.5. The Kier molecular flexibility index (Phi) is 5.73. The van der Waals surface area contributed by atoms with Gasteiger partial charge in [-0.15, -0.1) is 11.8 Å². The number of anilines is 1. The van der Waals surface area contributed by atoms with Gasteiger partial charge in [-0.05, 0) is 24.3 Å². The Morgan fingerprint density at radius 2 is 1.78 bits per heavy atom. The van der Waals surface area contributed by atoms with E-state index in [9.17, 15) is 14.4 Å². The van der Waals surface area contributed by atoms with E-state index in [-0.39, 0.29) is 5.75 Å². The van der Waals surface area contributed by atoms with Crippen LogP contribution in [0, 0.1) is 0 Å². The first-order valence-electron chi connectivity index (χ1n) is 6.60. The van der Waals surface area contributed by atoms with Gasteiger partial charge in [-0.25, -0.2) is 14.4 Å². The number of halogens is 1. The molecule has 0 bridgehead atoms. The highest BCUT2D eigenvalue weighted by Gasteiger charge is 2.46. The molecule has 1 aliphatic heterocycles. The van der Waals surface area contributed by atoms with Gasteiger partial charge < -0.3 is 14.8 Å². The van der Waals surface area contributed by atoms with E-state index in [0.717, 1.165) is 16.7 Å². The van der Waals surface area contributed by atoms with Crippen molar-refractivity contribution in [2.45, 2.75) is 11.4 Å². The average molecular weight is 359 g/mol. The number of ether oxygens (including phenoxy) is 2. The maximum absolute atomic E-state index is 12.5. The second-order valence-electron chi connectivity index (χ2n) is 4.59. The number of nitrogens with one attached hydrogen (secondary N) is 1. The van der Waals surface area contributed by atoms with Crippen LogP contribution in [0.25, 0.3) is 0 Å². The molecule has 7 nitrogen and oxygen atoms in total. The number of methoxy groups -OCH3 is 2. The SMILES string of the molecule is COC(=O)[C@H]1CS[C@H](C(=O)OC)N1C(=O)Nc1ccc(Cl)cc1. The van der Waals surface area contributed by atoms with Gasteiger partial charge >= 0.3 is 18.0 Å². The molecule has 0 saturated carbocycles. The van der Waals surface area contributed by atoms with Gasteiger partial charge in [0, 0.05) is 16.5 Å². The summed E-state index contributed by atoms with van der Waals surface area (Å²) in [5.41, 5.74) is 0.489. The molecule has 1 fully saturated rings. The molecule has 1 aromatic rings. The van der Waals surface area contributed by atoms with Crippen molar-refractivity contribution in [3.05, 3.63) is 29.3 Å². The Balaban J connectivity index is 2.21. The van der Waals surface area contributed by atoms with Crippen molar-refractivity contribution in [1.82, 2.24) is 4.90 Å². The lowest BCUT2D eigenvalue weighted by atomic mass is 10.3. The van der Waals surface area contributed by atoms with Crippen LogP contribution in [0.1, 0.15) is 0 Å². The second kappa shape index (κ2) is 7.56. The summed E-state index contributed by atoms with van der Waals surface area (Å²) in [5, 5.41) is 2.25. The Labute approximate surface area is 142 Å². The maximum atomic E-state index is 12.5. The van der Waals surface area contributed by atoms with E-state index in [1.807, 2.05) is 0 Å². The minimum Gasteiger partial charge on any atom is -0.467 e. The van der Waals surface area contributed by atoms with Gasteiger partial charge in [-0.3, -0.25) is 4.90 Å². The van der Waals surface area contributed by atoms with Crippen molar-refractivity contribution >= 4 is 47.0 Å². The minimum absolute atomic E-state index is 0.250. The molecule has 1 N–H and O–H groups in total. The number of urea groups is 1. The molecular weight excluding hydrogens is 344 g/mol. The molecule has 2 atom stereocenters. The van der Waals surface area contributed by atoms with E-state index in [2.05, 4.69) is 5.32 Å². The summed E-state index contributed by atoms with van der Waals surface area (Å²) in [6, 6.07) is 5.01. The quantitative estimate of drug-likeness (QED) is 0.831. The smallest absolute Gasteiger partial charge is 0.339 e. The zero-order valence-electron chi connectivity index (χ0n) is 12.4. The number of esters is 2. The Morgan fingerprint density at radius 1 is 1.17 bits per heavy atom. The summed E-state index contributed by atoms with van der Waals surface area (Å²) in [6.07, 6.45) is 0. The number of rotatable bonds is 3. The fraction of sp³-hybridized carbons (Fsp3) is 0.357. The fourth-order valence-electron chi connectivity index (χ4n) is 2.08. The van der Waals surface area contributed by atoms with E-state index in [4.69, 9.17) is 21.1 Å². The Hall–Kier alpha value is -1.93. The van der Waals surface area contributed by atoms with E-state index in [0.29, 0.717) is 10.7 Å².